The lowest BCUT2D eigenvalue weighted by atomic mass is 10.1. The van der Waals surface area contributed by atoms with Crippen LogP contribution in [0.25, 0.3) is 0 Å². The normalized spacial score (nSPS) is 26.9. The van der Waals surface area contributed by atoms with Gasteiger partial charge in [-0.3, -0.25) is 4.98 Å². The monoisotopic (exact) mass is 220 g/mol. The lowest BCUT2D eigenvalue weighted by Crippen LogP contribution is -2.25. The maximum Gasteiger partial charge on any atom is 0.0570 e. The minimum absolute atomic E-state index is 0.0723. The first kappa shape index (κ1) is 11.6. The summed E-state index contributed by atoms with van der Waals surface area (Å²) in [6.45, 7) is 3.11. The van der Waals surface area contributed by atoms with Crippen LogP contribution in [0.5, 0.6) is 0 Å². The number of aliphatic hydroxyl groups excluding tert-OH is 1. The number of aromatic nitrogens is 1. The molecule has 1 saturated carbocycles. The van der Waals surface area contributed by atoms with Crippen molar-refractivity contribution in [3.63, 3.8) is 0 Å². The zero-order chi connectivity index (χ0) is 11.4. The van der Waals surface area contributed by atoms with Crippen LogP contribution in [-0.2, 0) is 0 Å². The van der Waals surface area contributed by atoms with Gasteiger partial charge in [-0.1, -0.05) is 6.07 Å². The summed E-state index contributed by atoms with van der Waals surface area (Å²) in [7, 11) is 0. The second-order valence-electron chi connectivity index (χ2n) is 4.72. The topological polar surface area (TPSA) is 45.1 Å². The number of nitrogens with one attached hydrogen (secondary N) is 1. The summed E-state index contributed by atoms with van der Waals surface area (Å²) in [5, 5.41) is 12.9. The summed E-state index contributed by atoms with van der Waals surface area (Å²) in [6.07, 6.45) is 4.80. The Kier molecular flexibility index (Phi) is 3.91. The van der Waals surface area contributed by atoms with Crippen molar-refractivity contribution in [1.29, 1.82) is 0 Å². The minimum Gasteiger partial charge on any atom is -0.393 e. The molecule has 1 heterocycles. The molecule has 1 aliphatic rings. The number of hydrogen-bond acceptors (Lipinski definition) is 3. The highest BCUT2D eigenvalue weighted by molar-refractivity contribution is 5.07. The van der Waals surface area contributed by atoms with Gasteiger partial charge in [0, 0.05) is 12.2 Å². The fourth-order valence-electron chi connectivity index (χ4n) is 2.31. The average Bonchev–Trinajstić information content (AvgIpc) is 2.73. The number of rotatable bonds is 4. The summed E-state index contributed by atoms with van der Waals surface area (Å²) in [4.78, 5) is 4.33. The molecular weight excluding hydrogens is 200 g/mol. The summed E-state index contributed by atoms with van der Waals surface area (Å²) < 4.78 is 0. The van der Waals surface area contributed by atoms with Crippen molar-refractivity contribution in [1.82, 2.24) is 10.3 Å². The van der Waals surface area contributed by atoms with E-state index in [4.69, 9.17) is 0 Å². The molecule has 16 heavy (non-hydrogen) atoms. The van der Waals surface area contributed by atoms with Gasteiger partial charge in [0.1, 0.15) is 0 Å². The van der Waals surface area contributed by atoms with E-state index in [-0.39, 0.29) is 6.10 Å². The summed E-state index contributed by atoms with van der Waals surface area (Å²) in [5.74, 6) is 0.626. The first-order valence-electron chi connectivity index (χ1n) is 6.08. The van der Waals surface area contributed by atoms with E-state index in [1.54, 1.807) is 0 Å². The zero-order valence-electron chi connectivity index (χ0n) is 9.76. The van der Waals surface area contributed by atoms with Gasteiger partial charge >= 0.3 is 0 Å². The van der Waals surface area contributed by atoms with Gasteiger partial charge in [0.05, 0.1) is 11.8 Å². The quantitative estimate of drug-likeness (QED) is 0.814. The van der Waals surface area contributed by atoms with Crippen molar-refractivity contribution in [3.8, 4) is 0 Å². The maximum absolute atomic E-state index is 9.44. The molecule has 0 amide bonds. The molecule has 0 radical (unpaired) electrons. The van der Waals surface area contributed by atoms with E-state index in [9.17, 15) is 5.11 Å². The predicted molar refractivity (Wildman–Crippen MR) is 64.0 cm³/mol. The van der Waals surface area contributed by atoms with Crippen molar-refractivity contribution in [2.24, 2.45) is 5.92 Å². The Morgan fingerprint density at radius 2 is 2.38 bits per heavy atom. The molecule has 0 aliphatic heterocycles. The number of pyridine rings is 1. The Bertz CT molecular complexity index is 315. The first-order chi connectivity index (χ1) is 7.75. The zero-order valence-corrected chi connectivity index (χ0v) is 9.76. The highest BCUT2D eigenvalue weighted by Gasteiger charge is 2.22. The number of aliphatic hydroxyl groups is 1. The first-order valence-corrected chi connectivity index (χ1v) is 6.08. The SMILES string of the molecule is CC(NCC1CCC(O)C1)c1ccccn1. The second kappa shape index (κ2) is 5.41. The molecule has 0 bridgehead atoms. The van der Waals surface area contributed by atoms with Crippen LogP contribution >= 0.6 is 0 Å². The van der Waals surface area contributed by atoms with E-state index in [0.717, 1.165) is 31.5 Å². The van der Waals surface area contributed by atoms with Crippen LogP contribution in [0, 0.1) is 5.92 Å². The molecule has 3 nitrogen and oxygen atoms in total. The van der Waals surface area contributed by atoms with E-state index in [1.165, 1.54) is 0 Å². The molecule has 3 unspecified atom stereocenters. The van der Waals surface area contributed by atoms with Crippen LogP contribution < -0.4 is 5.32 Å². The third-order valence-electron chi connectivity index (χ3n) is 3.36. The van der Waals surface area contributed by atoms with Crippen molar-refractivity contribution >= 4 is 0 Å². The summed E-state index contributed by atoms with van der Waals surface area (Å²) in [5.41, 5.74) is 1.08. The predicted octanol–water partition coefficient (Wildman–Crippen LogP) is 1.89. The molecule has 0 aromatic carbocycles. The molecule has 3 heteroatoms. The second-order valence-corrected chi connectivity index (χ2v) is 4.72. The third-order valence-corrected chi connectivity index (χ3v) is 3.36. The van der Waals surface area contributed by atoms with Crippen LogP contribution in [-0.4, -0.2) is 22.7 Å². The Hall–Kier alpha value is -0.930. The van der Waals surface area contributed by atoms with Crippen LogP contribution in [0.4, 0.5) is 0 Å². The van der Waals surface area contributed by atoms with Gasteiger partial charge in [0.2, 0.25) is 0 Å². The number of nitrogens with zero attached hydrogens (tertiary/aromatic N) is 1. The van der Waals surface area contributed by atoms with Crippen LogP contribution in [0.1, 0.15) is 37.9 Å². The van der Waals surface area contributed by atoms with Gasteiger partial charge < -0.3 is 10.4 Å². The molecule has 1 aliphatic carbocycles. The average molecular weight is 220 g/mol. The highest BCUT2D eigenvalue weighted by Crippen LogP contribution is 2.25. The van der Waals surface area contributed by atoms with Gasteiger partial charge in [0.15, 0.2) is 0 Å². The smallest absolute Gasteiger partial charge is 0.0570 e. The van der Waals surface area contributed by atoms with Gasteiger partial charge in [-0.15, -0.1) is 0 Å². The van der Waals surface area contributed by atoms with Gasteiger partial charge in [-0.25, -0.2) is 0 Å². The van der Waals surface area contributed by atoms with Crippen LogP contribution in [0.15, 0.2) is 24.4 Å². The highest BCUT2D eigenvalue weighted by atomic mass is 16.3. The Labute approximate surface area is 96.9 Å². The third kappa shape index (κ3) is 3.03. The standard InChI is InChI=1S/C13H20N2O/c1-10(13-4-2-3-7-14-13)15-9-11-5-6-12(16)8-11/h2-4,7,10-12,15-16H,5-6,8-9H2,1H3. The number of hydrogen-bond donors (Lipinski definition) is 2. The van der Waals surface area contributed by atoms with Gasteiger partial charge in [-0.2, -0.15) is 0 Å². The molecule has 0 spiro atoms. The van der Waals surface area contributed by atoms with E-state index < -0.39 is 0 Å². The largest absolute Gasteiger partial charge is 0.393 e. The molecule has 2 rings (SSSR count). The Morgan fingerprint density at radius 3 is 3.00 bits per heavy atom. The van der Waals surface area contributed by atoms with Gasteiger partial charge in [0.25, 0.3) is 0 Å². The molecule has 1 aromatic rings. The van der Waals surface area contributed by atoms with Crippen molar-refractivity contribution in [2.45, 2.75) is 38.3 Å². The van der Waals surface area contributed by atoms with Crippen molar-refractivity contribution < 1.29 is 5.11 Å². The lowest BCUT2D eigenvalue weighted by Gasteiger charge is -2.16. The Morgan fingerprint density at radius 1 is 1.50 bits per heavy atom. The fourth-order valence-corrected chi connectivity index (χ4v) is 2.31. The maximum atomic E-state index is 9.44. The molecular formula is C13H20N2O. The van der Waals surface area contributed by atoms with Crippen LogP contribution in [0.3, 0.4) is 0 Å². The molecule has 2 N–H and O–H groups in total. The summed E-state index contributed by atoms with van der Waals surface area (Å²) in [6, 6.07) is 6.28. The summed E-state index contributed by atoms with van der Waals surface area (Å²) >= 11 is 0. The Balaban J connectivity index is 1.78. The molecule has 0 saturated heterocycles. The van der Waals surface area contributed by atoms with Crippen molar-refractivity contribution in [2.75, 3.05) is 6.54 Å². The molecule has 1 aromatic heterocycles. The molecule has 1 fully saturated rings. The van der Waals surface area contributed by atoms with Crippen molar-refractivity contribution in [3.05, 3.63) is 30.1 Å². The van der Waals surface area contributed by atoms with E-state index in [1.807, 2.05) is 24.4 Å². The molecule has 88 valence electrons. The fraction of sp³-hybridized carbons (Fsp3) is 0.615. The van der Waals surface area contributed by atoms with E-state index in [0.29, 0.717) is 12.0 Å². The van der Waals surface area contributed by atoms with E-state index >= 15 is 0 Å². The minimum atomic E-state index is -0.0723. The van der Waals surface area contributed by atoms with Gasteiger partial charge in [-0.05, 0) is 50.8 Å². The molecule has 3 atom stereocenters. The lowest BCUT2D eigenvalue weighted by molar-refractivity contribution is 0.177. The van der Waals surface area contributed by atoms with E-state index in [2.05, 4.69) is 17.2 Å². The van der Waals surface area contributed by atoms with Crippen LogP contribution in [0.2, 0.25) is 0 Å².